The number of unbranched alkanes of at least 4 members (excludes halogenated alkanes) is 24. The Balaban J connectivity index is 0.000000375. The molecule has 3 aromatic rings. The number of aliphatic carboxylic acids is 1. The van der Waals surface area contributed by atoms with Gasteiger partial charge in [-0.25, -0.2) is 0 Å². The number of ether oxygens (including phenoxy) is 3. The summed E-state index contributed by atoms with van der Waals surface area (Å²) in [6.07, 6.45) is 36.4. The molecule has 0 aliphatic heterocycles. The number of aliphatic hydroxyl groups is 1. The molecule has 2 saturated carbocycles. The van der Waals surface area contributed by atoms with E-state index >= 15 is 0 Å². The first-order valence-corrected chi connectivity index (χ1v) is 50.8. The molecule has 2 N–H and O–H groups in total. The third kappa shape index (κ3) is 49.7. The lowest BCUT2D eigenvalue weighted by Crippen LogP contribution is -2.30. The van der Waals surface area contributed by atoms with E-state index in [1.54, 1.807) is 31.2 Å². The Morgan fingerprint density at radius 1 is 0.328 bits per heavy atom. The molecule has 25 heteroatoms. The Bertz CT molecular complexity index is 3810. The lowest BCUT2D eigenvalue weighted by molar-refractivity contribution is -0.146. The number of carboxylic acids is 1. The molecule has 0 bridgehead atoms. The van der Waals surface area contributed by atoms with Gasteiger partial charge in [0.25, 0.3) is 0 Å². The molecule has 7 rings (SSSR count). The van der Waals surface area contributed by atoms with Crippen LogP contribution in [0.4, 0.5) is 35.1 Å². The van der Waals surface area contributed by atoms with Crippen molar-refractivity contribution in [2.24, 2.45) is 47.3 Å². The van der Waals surface area contributed by atoms with Gasteiger partial charge in [0.15, 0.2) is 11.6 Å². The fourth-order valence-electron chi connectivity index (χ4n) is 18.1. The van der Waals surface area contributed by atoms with Crippen LogP contribution in [0.5, 0.6) is 0 Å². The SMILES string of the molecule is CCCCC(F)(F)C(=O)CC[C@H]1C=CC(=O)[C@@H]1CCCCCCCCC(=O)OCc1ccccc1.CCCCC(F)(F)C(=O)CC[C@H]1C=CC(=O)[C@@H]1CCCCCCCCC(=O)OCc1ccccc1.CCCCC(F)(F)C(=O)CC[C@H]1CCC(=O)[C@@H]1CCCCCCCCC(=O)O.CCCCC(F)(F)C(=O)CC[C@H]1[C@H](O)CC(=O)[C@@H]1CCCCCCCCC(=O)OCc1ccccc1. The molecule has 134 heavy (non-hydrogen) atoms. The van der Waals surface area contributed by atoms with E-state index in [4.69, 9.17) is 19.3 Å². The number of alkyl halides is 8. The number of hydrogen-bond acceptors (Lipinski definition) is 16. The fourth-order valence-corrected chi connectivity index (χ4v) is 18.1. The van der Waals surface area contributed by atoms with E-state index in [1.807, 2.05) is 112 Å². The summed E-state index contributed by atoms with van der Waals surface area (Å²) in [6, 6.07) is 28.8. The van der Waals surface area contributed by atoms with E-state index in [0.29, 0.717) is 135 Å². The van der Waals surface area contributed by atoms with Crippen LogP contribution in [0.3, 0.4) is 0 Å². The molecule has 4 aliphatic carbocycles. The predicted molar refractivity (Wildman–Crippen MR) is 505 cm³/mol. The number of hydrogen-bond donors (Lipinski definition) is 2. The fraction of sp³-hybridized carbons (Fsp3) is 0.688. The molecule has 4 aliphatic rings. The normalized spacial score (nSPS) is 18.7. The molecule has 17 nitrogen and oxygen atoms in total. The summed E-state index contributed by atoms with van der Waals surface area (Å²) in [5.41, 5.74) is 2.93. The van der Waals surface area contributed by atoms with Crippen molar-refractivity contribution >= 4 is 70.1 Å². The lowest BCUT2D eigenvalue weighted by atomic mass is 9.85. The van der Waals surface area contributed by atoms with E-state index in [2.05, 4.69) is 0 Å². The molecule has 0 radical (unpaired) electrons. The zero-order valence-corrected chi connectivity index (χ0v) is 80.7. The van der Waals surface area contributed by atoms with Gasteiger partial charge in [-0.2, -0.15) is 35.1 Å². The zero-order chi connectivity index (χ0) is 98.4. The van der Waals surface area contributed by atoms with Crippen LogP contribution in [0.1, 0.15) is 398 Å². The summed E-state index contributed by atoms with van der Waals surface area (Å²) in [6.45, 7) is 8.19. The summed E-state index contributed by atoms with van der Waals surface area (Å²) >= 11 is 0. The average Bonchev–Trinajstić information content (AvgIpc) is 1.64. The van der Waals surface area contributed by atoms with Crippen LogP contribution in [0.25, 0.3) is 0 Å². The molecular weight excluding hydrogens is 1730 g/mol. The number of allylic oxidation sites excluding steroid dienone is 4. The van der Waals surface area contributed by atoms with Crippen molar-refractivity contribution in [1.82, 2.24) is 0 Å². The van der Waals surface area contributed by atoms with Gasteiger partial charge in [-0.1, -0.05) is 285 Å². The average molecular weight is 1890 g/mol. The number of aliphatic hydroxyl groups excluding tert-OH is 1. The van der Waals surface area contributed by atoms with Crippen LogP contribution in [0.2, 0.25) is 0 Å². The van der Waals surface area contributed by atoms with Crippen molar-refractivity contribution in [3.05, 3.63) is 132 Å². The van der Waals surface area contributed by atoms with Crippen molar-refractivity contribution in [2.75, 3.05) is 0 Å². The van der Waals surface area contributed by atoms with Crippen LogP contribution in [0, 0.1) is 47.3 Å². The molecule has 0 amide bonds. The van der Waals surface area contributed by atoms with Crippen molar-refractivity contribution in [3.63, 3.8) is 0 Å². The van der Waals surface area contributed by atoms with Gasteiger partial charge in [0.2, 0.25) is 23.1 Å². The third-order valence-corrected chi connectivity index (χ3v) is 26.5. The molecule has 0 heterocycles. The zero-order valence-electron chi connectivity index (χ0n) is 80.7. The number of ketones is 8. The van der Waals surface area contributed by atoms with Crippen LogP contribution >= 0.6 is 0 Å². The van der Waals surface area contributed by atoms with Crippen LogP contribution in [-0.2, 0) is 91.6 Å². The Morgan fingerprint density at radius 3 is 0.933 bits per heavy atom. The number of halogens is 8. The maximum atomic E-state index is 14.0. The third-order valence-electron chi connectivity index (χ3n) is 26.5. The molecule has 752 valence electrons. The highest BCUT2D eigenvalue weighted by molar-refractivity contribution is 5.95. The second-order valence-corrected chi connectivity index (χ2v) is 37.5. The van der Waals surface area contributed by atoms with Crippen molar-refractivity contribution in [3.8, 4) is 0 Å². The molecule has 0 saturated heterocycles. The van der Waals surface area contributed by atoms with Gasteiger partial charge in [0, 0.05) is 114 Å². The number of benzene rings is 3. The van der Waals surface area contributed by atoms with Crippen LogP contribution < -0.4 is 0 Å². The lowest BCUT2D eigenvalue weighted by Gasteiger charge is -2.22. The molecule has 0 unspecified atom stereocenters. The van der Waals surface area contributed by atoms with Gasteiger partial charge >= 0.3 is 47.6 Å². The Labute approximate surface area is 793 Å². The molecule has 3 aromatic carbocycles. The molecule has 0 aromatic heterocycles. The van der Waals surface area contributed by atoms with E-state index in [0.717, 1.165) is 184 Å². The number of carbonyl (C=O) groups excluding carboxylic acids is 11. The predicted octanol–water partition coefficient (Wildman–Crippen LogP) is 27.3. The van der Waals surface area contributed by atoms with E-state index in [9.17, 15) is 97.8 Å². The van der Waals surface area contributed by atoms with Gasteiger partial charge in [-0.3, -0.25) is 57.5 Å². The smallest absolute Gasteiger partial charge is 0.306 e. The largest absolute Gasteiger partial charge is 0.481 e. The van der Waals surface area contributed by atoms with Crippen molar-refractivity contribution < 1.29 is 117 Å². The second-order valence-electron chi connectivity index (χ2n) is 37.5. The minimum Gasteiger partial charge on any atom is -0.481 e. The van der Waals surface area contributed by atoms with Gasteiger partial charge in [0.05, 0.1) is 6.10 Å². The standard InChI is InChI=1S/C29H42F2O5.2C29H40F2O4.C22H36F2O4/c1-2-3-19-29(30,31)27(34)18-17-24-23(25(32)20-26(24)33)15-11-6-4-5-7-12-16-28(35)36-21-22-13-9-8-10-14-22;2*1-2-3-21-29(30,31)27(33)20-18-24-17-19-26(32)25(24)15-11-6-4-5-7-12-16-28(34)35-22-23-13-9-8-10-14-23;1-2-3-16-22(23,24)20(26)15-13-17-12-14-19(25)18(17)10-8-6-4-5-7-9-11-21(27)28/h8-10,13-14,23-24,26,33H,2-7,11-12,15-21H2,1H3;2*8-10,13-14,17,19,24-25H,2-7,11-12,15-16,18,20-22H2,1H3;17-18H,2-16H2,1H3,(H,27,28)/t23-,24-,26-;2*24-,25-;17-,18-/m1111/s1. The first-order chi connectivity index (χ1) is 64.2. The maximum Gasteiger partial charge on any atom is 0.306 e. The van der Waals surface area contributed by atoms with E-state index < -0.39 is 71.2 Å². The summed E-state index contributed by atoms with van der Waals surface area (Å²) in [5.74, 6) is -19.5. The Kier molecular flexibility index (Phi) is 59.9. The summed E-state index contributed by atoms with van der Waals surface area (Å²) in [7, 11) is 0. The highest BCUT2D eigenvalue weighted by Crippen LogP contribution is 2.41. The molecule has 9 atom stereocenters. The van der Waals surface area contributed by atoms with Gasteiger partial charge in [0.1, 0.15) is 31.4 Å². The van der Waals surface area contributed by atoms with Gasteiger partial charge in [-0.15, -0.1) is 0 Å². The number of rotatable bonds is 70. The Hall–Kier alpha value is -8.22. The van der Waals surface area contributed by atoms with Gasteiger partial charge < -0.3 is 24.4 Å². The van der Waals surface area contributed by atoms with Crippen LogP contribution in [-0.4, -0.2) is 110 Å². The number of carboxylic acid groups (broad SMARTS) is 1. The van der Waals surface area contributed by atoms with Crippen molar-refractivity contribution in [1.29, 1.82) is 0 Å². The second kappa shape index (κ2) is 67.9. The van der Waals surface area contributed by atoms with Crippen LogP contribution in [0.15, 0.2) is 115 Å². The summed E-state index contributed by atoms with van der Waals surface area (Å²) < 4.78 is 127. The Morgan fingerprint density at radius 2 is 0.612 bits per heavy atom. The number of carbonyl (C=O) groups is 12. The highest BCUT2D eigenvalue weighted by Gasteiger charge is 2.45. The number of esters is 3. The minimum atomic E-state index is -3.32. The molecule has 0 spiro atoms. The van der Waals surface area contributed by atoms with Gasteiger partial charge in [-0.05, 0) is 162 Å². The van der Waals surface area contributed by atoms with E-state index in [1.165, 1.54) is 0 Å². The molecule has 2 fully saturated rings. The first kappa shape index (κ1) is 118. The minimum absolute atomic E-state index is 0.0216. The molecular formula is C109H158F8O17. The maximum absolute atomic E-state index is 14.0. The highest BCUT2D eigenvalue weighted by atomic mass is 19.3. The van der Waals surface area contributed by atoms with E-state index in [-0.39, 0.29) is 147 Å². The topological polar surface area (TPSA) is 273 Å². The summed E-state index contributed by atoms with van der Waals surface area (Å²) in [4.78, 5) is 143. The monoisotopic (exact) mass is 1890 g/mol. The summed E-state index contributed by atoms with van der Waals surface area (Å²) in [5, 5.41) is 18.9. The number of Topliss-reactive ketones (excluding diaryl/α,β-unsaturated/α-hetero) is 6. The quantitative estimate of drug-likeness (QED) is 0.0230. The van der Waals surface area contributed by atoms with Crippen molar-refractivity contribution in [2.45, 2.75) is 430 Å². The first-order valence-electron chi connectivity index (χ1n) is 50.8.